The summed E-state index contributed by atoms with van der Waals surface area (Å²) >= 11 is 0. The van der Waals surface area contributed by atoms with Crippen LogP contribution in [0.5, 0.6) is 0 Å². The third kappa shape index (κ3) is 61.8. The van der Waals surface area contributed by atoms with E-state index in [4.69, 9.17) is 14.2 Å². The highest BCUT2D eigenvalue weighted by Crippen LogP contribution is 2.15. The molecule has 0 aromatic heterocycles. The van der Waals surface area contributed by atoms with E-state index in [-0.39, 0.29) is 37.5 Å². The van der Waals surface area contributed by atoms with Crippen LogP contribution in [0.15, 0.2) is 158 Å². The Bertz CT molecular complexity index is 1740. The number of hydrogen-bond acceptors (Lipinski definition) is 6. The smallest absolute Gasteiger partial charge is 0.306 e. The molecular weight excluding hydrogens is 949 g/mol. The van der Waals surface area contributed by atoms with Crippen molar-refractivity contribution in [2.75, 3.05) is 13.2 Å². The molecule has 77 heavy (non-hydrogen) atoms. The van der Waals surface area contributed by atoms with E-state index >= 15 is 0 Å². The molecule has 0 bridgehead atoms. The Morgan fingerprint density at radius 2 is 0.468 bits per heavy atom. The average Bonchev–Trinajstić information content (AvgIpc) is 3.43. The normalized spacial score (nSPS) is 13.2. The summed E-state index contributed by atoms with van der Waals surface area (Å²) in [4.78, 5) is 38.3. The van der Waals surface area contributed by atoms with Crippen molar-refractivity contribution in [3.63, 3.8) is 0 Å². The highest BCUT2D eigenvalue weighted by atomic mass is 16.6. The number of hydrogen-bond donors (Lipinski definition) is 0. The summed E-state index contributed by atoms with van der Waals surface area (Å²) in [6, 6.07) is 0. The van der Waals surface area contributed by atoms with E-state index in [0.717, 1.165) is 141 Å². The highest BCUT2D eigenvalue weighted by molar-refractivity contribution is 5.71. The minimum atomic E-state index is -0.822. The molecule has 0 saturated carbocycles. The van der Waals surface area contributed by atoms with E-state index in [1.807, 2.05) is 0 Å². The molecule has 0 heterocycles. The molecule has 0 N–H and O–H groups in total. The zero-order valence-corrected chi connectivity index (χ0v) is 49.4. The molecule has 0 spiro atoms. The highest BCUT2D eigenvalue weighted by Gasteiger charge is 2.19. The van der Waals surface area contributed by atoms with Gasteiger partial charge in [0.15, 0.2) is 6.10 Å². The lowest BCUT2D eigenvalue weighted by molar-refractivity contribution is -0.167. The molecule has 0 radical (unpaired) electrons. The van der Waals surface area contributed by atoms with E-state index < -0.39 is 6.10 Å². The van der Waals surface area contributed by atoms with Crippen molar-refractivity contribution in [1.29, 1.82) is 0 Å². The molecule has 0 amide bonds. The maximum Gasteiger partial charge on any atom is 0.306 e. The van der Waals surface area contributed by atoms with Gasteiger partial charge in [0, 0.05) is 19.3 Å². The van der Waals surface area contributed by atoms with Crippen LogP contribution in [0.2, 0.25) is 0 Å². The molecule has 6 heteroatoms. The van der Waals surface area contributed by atoms with E-state index in [1.165, 1.54) is 64.2 Å². The minimum absolute atomic E-state index is 0.112. The minimum Gasteiger partial charge on any atom is -0.462 e. The van der Waals surface area contributed by atoms with Crippen LogP contribution in [-0.4, -0.2) is 37.2 Å². The van der Waals surface area contributed by atoms with Gasteiger partial charge in [-0.3, -0.25) is 14.4 Å². The van der Waals surface area contributed by atoms with Crippen LogP contribution in [0.4, 0.5) is 0 Å². The lowest BCUT2D eigenvalue weighted by atomic mass is 10.0. The van der Waals surface area contributed by atoms with Gasteiger partial charge < -0.3 is 14.2 Å². The fraction of sp³-hybridized carbons (Fsp3) is 0.592. The van der Waals surface area contributed by atoms with E-state index in [2.05, 4.69) is 179 Å². The van der Waals surface area contributed by atoms with E-state index in [1.54, 1.807) is 0 Å². The first-order valence-corrected chi connectivity index (χ1v) is 31.0. The molecule has 0 saturated heterocycles. The van der Waals surface area contributed by atoms with Crippen molar-refractivity contribution in [3.8, 4) is 0 Å². The first-order valence-electron chi connectivity index (χ1n) is 31.0. The van der Waals surface area contributed by atoms with Gasteiger partial charge in [-0.25, -0.2) is 0 Å². The second-order valence-electron chi connectivity index (χ2n) is 19.8. The van der Waals surface area contributed by atoms with E-state index in [9.17, 15) is 14.4 Å². The lowest BCUT2D eigenvalue weighted by Gasteiger charge is -2.18. The molecule has 0 rings (SSSR count). The third-order valence-electron chi connectivity index (χ3n) is 12.5. The zero-order valence-electron chi connectivity index (χ0n) is 49.4. The number of allylic oxidation sites excluding steroid dienone is 26. The van der Waals surface area contributed by atoms with Crippen LogP contribution in [0.1, 0.15) is 252 Å². The maximum atomic E-state index is 12.9. The average molecular weight is 1060 g/mol. The molecule has 432 valence electrons. The largest absolute Gasteiger partial charge is 0.462 e. The SMILES string of the molecule is CC/C=C\C/C=C\C/C=C\C/C=C\C/C=C\C/C=C\CCCCC(=O)OC(COC(=O)CCCCC/C=C\C/C=C\C/C=C\CC)COC(=O)CCCCCCCCCCCCCC/C=C\C/C=C\C/C=C\C/C=C\CC. The zero-order chi connectivity index (χ0) is 55.7. The van der Waals surface area contributed by atoms with Crippen molar-refractivity contribution >= 4 is 17.9 Å². The van der Waals surface area contributed by atoms with Crippen LogP contribution in [0.3, 0.4) is 0 Å². The van der Waals surface area contributed by atoms with Crippen molar-refractivity contribution < 1.29 is 28.6 Å². The summed E-state index contributed by atoms with van der Waals surface area (Å²) < 4.78 is 16.8. The first-order chi connectivity index (χ1) is 38.0. The Morgan fingerprint density at radius 3 is 0.766 bits per heavy atom. The summed E-state index contributed by atoms with van der Waals surface area (Å²) in [6.07, 6.45) is 92.5. The van der Waals surface area contributed by atoms with Crippen LogP contribution in [-0.2, 0) is 28.6 Å². The predicted molar refractivity (Wildman–Crippen MR) is 334 cm³/mol. The summed E-state index contributed by atoms with van der Waals surface area (Å²) in [6.45, 7) is 6.23. The molecule has 0 aliphatic heterocycles. The maximum absolute atomic E-state index is 12.9. The van der Waals surface area contributed by atoms with Crippen LogP contribution < -0.4 is 0 Å². The number of ether oxygens (including phenoxy) is 3. The van der Waals surface area contributed by atoms with Crippen LogP contribution in [0.25, 0.3) is 0 Å². The Balaban J connectivity index is 4.44. The number of carbonyl (C=O) groups excluding carboxylic acids is 3. The number of unbranched alkanes of at least 4 members (excludes halogenated alkanes) is 17. The van der Waals surface area contributed by atoms with Crippen LogP contribution in [0, 0.1) is 0 Å². The number of esters is 3. The summed E-state index contributed by atoms with van der Waals surface area (Å²) in [5.41, 5.74) is 0. The Labute approximate surface area is 473 Å². The van der Waals surface area contributed by atoms with Gasteiger partial charge in [0.1, 0.15) is 13.2 Å². The molecule has 1 atom stereocenters. The molecule has 0 aliphatic carbocycles. The lowest BCUT2D eigenvalue weighted by Crippen LogP contribution is -2.30. The summed E-state index contributed by atoms with van der Waals surface area (Å²) in [5, 5.41) is 0. The van der Waals surface area contributed by atoms with Gasteiger partial charge in [0.05, 0.1) is 0 Å². The van der Waals surface area contributed by atoms with Gasteiger partial charge in [0.25, 0.3) is 0 Å². The van der Waals surface area contributed by atoms with E-state index in [0.29, 0.717) is 19.3 Å². The van der Waals surface area contributed by atoms with Gasteiger partial charge in [-0.1, -0.05) is 249 Å². The second-order valence-corrected chi connectivity index (χ2v) is 19.8. The third-order valence-corrected chi connectivity index (χ3v) is 12.5. The molecule has 6 nitrogen and oxygen atoms in total. The molecule has 1 unspecified atom stereocenters. The quantitative estimate of drug-likeness (QED) is 0.0261. The molecule has 0 aromatic carbocycles. The fourth-order valence-corrected chi connectivity index (χ4v) is 7.98. The summed E-state index contributed by atoms with van der Waals surface area (Å²) in [7, 11) is 0. The molecule has 0 aliphatic rings. The van der Waals surface area contributed by atoms with Gasteiger partial charge in [-0.2, -0.15) is 0 Å². The van der Waals surface area contributed by atoms with Crippen molar-refractivity contribution in [3.05, 3.63) is 158 Å². The summed E-state index contributed by atoms with van der Waals surface area (Å²) in [5.74, 6) is -0.993. The number of rotatable bonds is 54. The van der Waals surface area contributed by atoms with Gasteiger partial charge in [-0.15, -0.1) is 0 Å². The second kappa shape index (κ2) is 63.6. The molecule has 0 fully saturated rings. The topological polar surface area (TPSA) is 78.9 Å². The predicted octanol–water partition coefficient (Wildman–Crippen LogP) is 21.3. The van der Waals surface area contributed by atoms with Crippen LogP contribution >= 0.6 is 0 Å². The Hall–Kier alpha value is -4.97. The van der Waals surface area contributed by atoms with Gasteiger partial charge in [0.2, 0.25) is 0 Å². The fourth-order valence-electron chi connectivity index (χ4n) is 7.98. The van der Waals surface area contributed by atoms with Crippen molar-refractivity contribution in [1.82, 2.24) is 0 Å². The molecule has 0 aromatic rings. The van der Waals surface area contributed by atoms with Crippen molar-refractivity contribution in [2.45, 2.75) is 258 Å². The standard InChI is InChI=1S/C71H112O6/c1-4-7-10-13-16-19-22-25-27-29-31-33-34-35-36-38-39-41-43-46-49-52-55-58-61-64-70(73)76-67-68(66-75-69(72)63-60-57-54-51-48-45-24-21-18-15-12-9-6-3)77-71(74)65-62-59-56-53-50-47-44-42-40-37-32-30-28-26-23-20-17-14-11-8-5-2/h7-12,16-21,25-28,31-33,37,42,44-45,48,50,53,68H,4-6,13-15,22-24,29-30,34-36,38-41,43,46-47,49,51-52,54-67H2,1-3H3/b10-7-,11-8-,12-9-,19-16-,20-17-,21-18-,27-25-,28-26-,33-31-,37-32-,44-42-,48-45-,53-50-. The van der Waals surface area contributed by atoms with Gasteiger partial charge >= 0.3 is 17.9 Å². The Morgan fingerprint density at radius 1 is 0.260 bits per heavy atom. The monoisotopic (exact) mass is 1060 g/mol. The Kier molecular flexibility index (Phi) is 59.5. The number of carbonyl (C=O) groups is 3. The molecular formula is C71H112O6. The van der Waals surface area contributed by atoms with Gasteiger partial charge in [-0.05, 0) is 141 Å². The van der Waals surface area contributed by atoms with Crippen molar-refractivity contribution in [2.24, 2.45) is 0 Å². The first kappa shape index (κ1) is 72.0.